The second-order valence-corrected chi connectivity index (χ2v) is 10.8. The van der Waals surface area contributed by atoms with Gasteiger partial charge in [0.2, 0.25) is 0 Å². The van der Waals surface area contributed by atoms with E-state index in [-0.39, 0.29) is 25.4 Å². The Morgan fingerprint density at radius 3 is 2.32 bits per heavy atom. The average Bonchev–Trinajstić information content (AvgIpc) is 3.01. The number of anilines is 1. The summed E-state index contributed by atoms with van der Waals surface area (Å²) in [5.74, 6) is 0.819. The summed E-state index contributed by atoms with van der Waals surface area (Å²) < 4.78 is 17.5. The minimum absolute atomic E-state index is 0.0211. The molecule has 0 saturated carbocycles. The smallest absolute Gasteiger partial charge is 0.328 e. The highest BCUT2D eigenvalue weighted by molar-refractivity contribution is 7.99. The maximum Gasteiger partial charge on any atom is 0.328 e. The van der Waals surface area contributed by atoms with Crippen molar-refractivity contribution in [2.75, 3.05) is 30.5 Å². The molecule has 0 unspecified atom stereocenters. The highest BCUT2D eigenvalue weighted by Gasteiger charge is 2.32. The summed E-state index contributed by atoms with van der Waals surface area (Å²) in [6.07, 6.45) is 0.0551. The van der Waals surface area contributed by atoms with E-state index in [0.29, 0.717) is 24.3 Å². The van der Waals surface area contributed by atoms with E-state index in [1.165, 1.54) is 7.11 Å². The molecule has 1 heterocycles. The molecule has 3 aromatic rings. The van der Waals surface area contributed by atoms with Gasteiger partial charge in [0.1, 0.15) is 6.04 Å². The third-order valence-corrected chi connectivity index (χ3v) is 7.75. The lowest BCUT2D eigenvalue weighted by Crippen LogP contribution is -2.45. The van der Waals surface area contributed by atoms with Gasteiger partial charge in [-0.1, -0.05) is 66.7 Å². The van der Waals surface area contributed by atoms with Crippen molar-refractivity contribution in [3.05, 3.63) is 101 Å². The highest BCUT2D eigenvalue weighted by atomic mass is 32.2. The predicted octanol–water partition coefficient (Wildman–Crippen LogP) is 4.36. The Kier molecular flexibility index (Phi) is 11.6. The van der Waals surface area contributed by atoms with Crippen LogP contribution in [-0.4, -0.2) is 59.6 Å². The number of hydrogen-bond acceptors (Lipinski definition) is 8. The summed E-state index contributed by atoms with van der Waals surface area (Å²) in [4.78, 5) is 25.0. The standard InChI is InChI=1S/C31H36N2O7S/c1-38-29(36)27(17-21-5-3-2-4-6-21)33-31(37)32-25-13-11-24(12-14-25)30-39-26(20-41-16-15-34)18-28(40-30)23-9-7-22(19-35)8-10-23/h2-14,26-28,30,34-35H,15-20H2,1H3,(H2,32,33,37)/t26-,27-,28+,30+/m0/s1. The fourth-order valence-electron chi connectivity index (χ4n) is 4.54. The third-order valence-electron chi connectivity index (χ3n) is 6.67. The van der Waals surface area contributed by atoms with Crippen LogP contribution in [-0.2, 0) is 32.0 Å². The van der Waals surface area contributed by atoms with Gasteiger partial charge in [-0.15, -0.1) is 0 Å². The molecule has 0 aromatic heterocycles. The number of ether oxygens (including phenoxy) is 3. The van der Waals surface area contributed by atoms with Crippen LogP contribution in [0.2, 0.25) is 0 Å². The van der Waals surface area contributed by atoms with Gasteiger partial charge in [-0.25, -0.2) is 9.59 Å². The maximum atomic E-state index is 12.7. The molecule has 0 aliphatic carbocycles. The van der Waals surface area contributed by atoms with Gasteiger partial charge >= 0.3 is 12.0 Å². The van der Waals surface area contributed by atoms with Gasteiger partial charge in [0, 0.05) is 35.6 Å². The molecule has 1 fully saturated rings. The van der Waals surface area contributed by atoms with E-state index in [1.807, 2.05) is 66.7 Å². The van der Waals surface area contributed by atoms with Crippen LogP contribution in [0.5, 0.6) is 0 Å². The molecule has 1 saturated heterocycles. The van der Waals surface area contributed by atoms with Crippen molar-refractivity contribution in [2.45, 2.75) is 44.0 Å². The minimum Gasteiger partial charge on any atom is -0.467 e. The van der Waals surface area contributed by atoms with Crippen molar-refractivity contribution < 1.29 is 34.0 Å². The van der Waals surface area contributed by atoms with Crippen LogP contribution >= 0.6 is 11.8 Å². The zero-order valence-corrected chi connectivity index (χ0v) is 23.7. The summed E-state index contributed by atoms with van der Waals surface area (Å²) in [5, 5.41) is 24.0. The SMILES string of the molecule is COC(=O)[C@H](Cc1ccccc1)NC(=O)Nc1ccc([C@@H]2O[C@H](CSCCO)C[C@H](c3ccc(CO)cc3)O2)cc1. The summed E-state index contributed by atoms with van der Waals surface area (Å²) in [5.41, 5.74) is 4.06. The first-order chi connectivity index (χ1) is 20.0. The number of hydrogen-bond donors (Lipinski definition) is 4. The minimum atomic E-state index is -0.838. The number of benzene rings is 3. The first-order valence-electron chi connectivity index (χ1n) is 13.5. The Labute approximate surface area is 244 Å². The second kappa shape index (κ2) is 15.6. The number of aliphatic hydroxyl groups excluding tert-OH is 2. The van der Waals surface area contributed by atoms with Gasteiger partial charge in [0.25, 0.3) is 0 Å². The molecule has 0 bridgehead atoms. The normalized spacial score (nSPS) is 19.2. The Morgan fingerprint density at radius 2 is 1.66 bits per heavy atom. The molecule has 218 valence electrons. The van der Waals surface area contributed by atoms with E-state index in [4.69, 9.17) is 14.2 Å². The van der Waals surface area contributed by atoms with Gasteiger partial charge in [0.15, 0.2) is 6.29 Å². The summed E-state index contributed by atoms with van der Waals surface area (Å²) in [6, 6.07) is 22.9. The van der Waals surface area contributed by atoms with Crippen molar-refractivity contribution in [1.82, 2.24) is 5.32 Å². The average molecular weight is 581 g/mol. The van der Waals surface area contributed by atoms with Crippen LogP contribution in [0.25, 0.3) is 0 Å². The molecule has 1 aliphatic rings. The molecule has 4 rings (SSSR count). The summed E-state index contributed by atoms with van der Waals surface area (Å²) >= 11 is 1.63. The second-order valence-electron chi connectivity index (χ2n) is 9.63. The summed E-state index contributed by atoms with van der Waals surface area (Å²) in [6.45, 7) is 0.0881. The van der Waals surface area contributed by atoms with Crippen molar-refractivity contribution in [3.63, 3.8) is 0 Å². The number of aliphatic hydroxyl groups is 2. The van der Waals surface area contributed by atoms with Crippen LogP contribution in [0, 0.1) is 0 Å². The molecular formula is C31H36N2O7S. The van der Waals surface area contributed by atoms with E-state index >= 15 is 0 Å². The Hall–Kier alpha value is -3.41. The van der Waals surface area contributed by atoms with Gasteiger partial charge in [-0.2, -0.15) is 11.8 Å². The lowest BCUT2D eigenvalue weighted by atomic mass is 10.0. The van der Waals surface area contributed by atoms with Crippen molar-refractivity contribution >= 4 is 29.4 Å². The molecule has 10 heteroatoms. The number of methoxy groups -OCH3 is 1. The largest absolute Gasteiger partial charge is 0.467 e. The zero-order chi connectivity index (χ0) is 29.0. The van der Waals surface area contributed by atoms with Gasteiger partial charge in [-0.3, -0.25) is 0 Å². The fourth-order valence-corrected chi connectivity index (χ4v) is 5.31. The first kappa shape index (κ1) is 30.5. The van der Waals surface area contributed by atoms with Crippen LogP contribution < -0.4 is 10.6 Å². The molecule has 4 atom stereocenters. The molecule has 2 amide bonds. The topological polar surface area (TPSA) is 126 Å². The van der Waals surface area contributed by atoms with Gasteiger partial charge < -0.3 is 35.1 Å². The Bertz CT molecular complexity index is 1240. The molecule has 41 heavy (non-hydrogen) atoms. The molecule has 9 nitrogen and oxygen atoms in total. The van der Waals surface area contributed by atoms with Gasteiger partial charge in [-0.05, 0) is 28.8 Å². The number of carbonyl (C=O) groups is 2. The Morgan fingerprint density at radius 1 is 0.951 bits per heavy atom. The number of rotatable bonds is 12. The molecule has 0 spiro atoms. The lowest BCUT2D eigenvalue weighted by molar-refractivity contribution is -0.245. The van der Waals surface area contributed by atoms with E-state index in [9.17, 15) is 19.8 Å². The van der Waals surface area contributed by atoms with Crippen molar-refractivity contribution in [3.8, 4) is 0 Å². The number of urea groups is 1. The number of nitrogens with one attached hydrogen (secondary N) is 2. The van der Waals surface area contributed by atoms with Gasteiger partial charge in [0.05, 0.1) is 32.5 Å². The van der Waals surface area contributed by atoms with E-state index in [2.05, 4.69) is 10.6 Å². The zero-order valence-electron chi connectivity index (χ0n) is 22.9. The fraction of sp³-hybridized carbons (Fsp3) is 0.355. The van der Waals surface area contributed by atoms with Crippen LogP contribution in [0.1, 0.15) is 41.1 Å². The molecule has 1 aliphatic heterocycles. The van der Waals surface area contributed by atoms with E-state index < -0.39 is 24.3 Å². The van der Waals surface area contributed by atoms with Crippen molar-refractivity contribution in [1.29, 1.82) is 0 Å². The van der Waals surface area contributed by atoms with Crippen molar-refractivity contribution in [2.24, 2.45) is 0 Å². The molecular weight excluding hydrogens is 544 g/mol. The number of esters is 1. The first-order valence-corrected chi connectivity index (χ1v) is 14.6. The number of amides is 2. The molecule has 3 aromatic carbocycles. The number of carbonyl (C=O) groups excluding carboxylic acids is 2. The van der Waals surface area contributed by atoms with Crippen LogP contribution in [0.4, 0.5) is 10.5 Å². The Balaban J connectivity index is 1.41. The quantitative estimate of drug-likeness (QED) is 0.184. The number of thioether (sulfide) groups is 1. The molecule has 4 N–H and O–H groups in total. The molecule has 0 radical (unpaired) electrons. The summed E-state index contributed by atoms with van der Waals surface area (Å²) in [7, 11) is 1.29. The van der Waals surface area contributed by atoms with E-state index in [1.54, 1.807) is 23.9 Å². The predicted molar refractivity (Wildman–Crippen MR) is 157 cm³/mol. The lowest BCUT2D eigenvalue weighted by Gasteiger charge is -2.36. The van der Waals surface area contributed by atoms with Crippen LogP contribution in [0.3, 0.4) is 0 Å². The van der Waals surface area contributed by atoms with Crippen LogP contribution in [0.15, 0.2) is 78.9 Å². The monoisotopic (exact) mass is 580 g/mol. The highest BCUT2D eigenvalue weighted by Crippen LogP contribution is 2.39. The van der Waals surface area contributed by atoms with E-state index in [0.717, 1.165) is 28.0 Å². The maximum absolute atomic E-state index is 12.7. The third kappa shape index (κ3) is 9.04.